The molecule has 7 rings (SSSR count). The maximum atomic E-state index is 12.3. The van der Waals surface area contributed by atoms with E-state index in [9.17, 15) is 9.59 Å². The first-order chi connectivity index (χ1) is 14.1. The van der Waals surface area contributed by atoms with E-state index in [0.29, 0.717) is 60.9 Å². The van der Waals surface area contributed by atoms with Crippen molar-refractivity contribution in [1.82, 2.24) is 0 Å². The van der Waals surface area contributed by atoms with Gasteiger partial charge in [-0.3, -0.25) is 0 Å². The molecule has 1 heterocycles. The van der Waals surface area contributed by atoms with Gasteiger partial charge in [0.2, 0.25) is 0 Å². The van der Waals surface area contributed by atoms with Crippen LogP contribution in [0.5, 0.6) is 0 Å². The van der Waals surface area contributed by atoms with Gasteiger partial charge in [0.05, 0.1) is 25.4 Å². The molecule has 0 radical (unpaired) electrons. The Morgan fingerprint density at radius 1 is 0.793 bits per heavy atom. The monoisotopic (exact) mass is 396 g/mol. The zero-order valence-corrected chi connectivity index (χ0v) is 17.0. The average Bonchev–Trinajstić information content (AvgIpc) is 3.08. The minimum atomic E-state index is -0.175. The average molecular weight is 396 g/mol. The topological polar surface area (TPSA) is 65.1 Å². The maximum absolute atomic E-state index is 12.3. The first-order valence-corrected chi connectivity index (χ1v) is 11.5. The molecule has 0 aromatic carbocycles. The van der Waals surface area contributed by atoms with Gasteiger partial charge in [0.25, 0.3) is 0 Å². The summed E-state index contributed by atoms with van der Waals surface area (Å²) in [4.78, 5) is 24.5. The summed E-state index contributed by atoms with van der Waals surface area (Å²) in [6, 6.07) is 0. The van der Waals surface area contributed by atoms with E-state index in [4.69, 9.17) is 14.2 Å². The summed E-state index contributed by atoms with van der Waals surface area (Å²) in [7, 11) is 0. The van der Waals surface area contributed by atoms with Crippen LogP contribution in [-0.2, 0) is 23.8 Å². The SMILES string of the molecule is CCOC(=O)/C=C1\C[C@H]2[C@H]3C/C(=C\C(=O)OCC)[C@@H]4[C@H]3C3C5[C@@H]([C@H]6O[C@H]6[C@H]54)[C@H]1[C@H]32. The summed E-state index contributed by atoms with van der Waals surface area (Å²) in [5.74, 6) is 6.15. The van der Waals surface area contributed by atoms with Crippen molar-refractivity contribution in [3.8, 4) is 0 Å². The maximum Gasteiger partial charge on any atom is 0.330 e. The summed E-state index contributed by atoms with van der Waals surface area (Å²) in [5.41, 5.74) is 2.68. The lowest BCUT2D eigenvalue weighted by Crippen LogP contribution is -2.24. The number of epoxide rings is 1. The Hall–Kier alpha value is -1.62. The van der Waals surface area contributed by atoms with Crippen molar-refractivity contribution >= 4 is 11.9 Å². The molecule has 6 aliphatic carbocycles. The van der Waals surface area contributed by atoms with E-state index in [1.807, 2.05) is 26.0 Å². The molecule has 154 valence electrons. The zero-order valence-electron chi connectivity index (χ0n) is 17.0. The number of esters is 2. The quantitative estimate of drug-likeness (QED) is 0.415. The molecule has 29 heavy (non-hydrogen) atoms. The van der Waals surface area contributed by atoms with Gasteiger partial charge in [-0.1, -0.05) is 11.1 Å². The summed E-state index contributed by atoms with van der Waals surface area (Å²) >= 11 is 0. The highest BCUT2D eigenvalue weighted by atomic mass is 16.6. The van der Waals surface area contributed by atoms with Crippen LogP contribution in [0.2, 0.25) is 0 Å². The summed E-state index contributed by atoms with van der Waals surface area (Å²) in [5, 5.41) is 0. The molecule has 0 aromatic heterocycles. The Labute approximate surface area is 170 Å². The highest BCUT2D eigenvalue weighted by Gasteiger charge is 2.83. The molecule has 7 aliphatic rings. The molecule has 5 nitrogen and oxygen atoms in total. The third kappa shape index (κ3) is 1.92. The number of allylic oxidation sites excluding steroid dienone is 2. The molecule has 0 N–H and O–H groups in total. The number of carbonyl (C=O) groups excluding carboxylic acids is 2. The van der Waals surface area contributed by atoms with Gasteiger partial charge in [-0.2, -0.15) is 0 Å². The van der Waals surface area contributed by atoms with Gasteiger partial charge in [0.15, 0.2) is 0 Å². The fourth-order valence-electron chi connectivity index (χ4n) is 9.65. The van der Waals surface area contributed by atoms with E-state index < -0.39 is 0 Å². The number of hydrogen-bond acceptors (Lipinski definition) is 5. The molecular weight excluding hydrogens is 368 g/mol. The van der Waals surface area contributed by atoms with Gasteiger partial charge < -0.3 is 14.2 Å². The van der Waals surface area contributed by atoms with Crippen LogP contribution >= 0.6 is 0 Å². The molecule has 1 saturated heterocycles. The Morgan fingerprint density at radius 3 is 1.69 bits per heavy atom. The highest BCUT2D eigenvalue weighted by Crippen LogP contribution is 2.83. The van der Waals surface area contributed by atoms with Crippen LogP contribution < -0.4 is 0 Å². The van der Waals surface area contributed by atoms with Crippen molar-refractivity contribution in [2.24, 2.45) is 59.2 Å². The fourth-order valence-corrected chi connectivity index (χ4v) is 9.65. The van der Waals surface area contributed by atoms with Crippen LogP contribution in [0.25, 0.3) is 0 Å². The van der Waals surface area contributed by atoms with E-state index in [2.05, 4.69) is 0 Å². The first-order valence-electron chi connectivity index (χ1n) is 11.5. The van der Waals surface area contributed by atoms with E-state index in [0.717, 1.165) is 36.5 Å². The number of fused-ring (bicyclic) bond motifs is 6. The molecule has 0 amide bonds. The van der Waals surface area contributed by atoms with Gasteiger partial charge in [-0.15, -0.1) is 0 Å². The number of carbonyl (C=O) groups is 2. The summed E-state index contributed by atoms with van der Waals surface area (Å²) in [6.07, 6.45) is 6.50. The van der Waals surface area contributed by atoms with Crippen molar-refractivity contribution in [2.75, 3.05) is 13.2 Å². The fraction of sp³-hybridized carbons (Fsp3) is 0.750. The minimum absolute atomic E-state index is 0.175. The van der Waals surface area contributed by atoms with Gasteiger partial charge in [-0.05, 0) is 85.9 Å². The van der Waals surface area contributed by atoms with Crippen LogP contribution in [0.15, 0.2) is 23.3 Å². The van der Waals surface area contributed by atoms with Crippen LogP contribution in [0, 0.1) is 59.2 Å². The third-order valence-electron chi connectivity index (χ3n) is 9.72. The molecule has 1 aliphatic heterocycles. The van der Waals surface area contributed by atoms with Crippen LogP contribution in [0.4, 0.5) is 0 Å². The molecule has 12 atom stereocenters. The molecule has 6 saturated carbocycles. The predicted molar refractivity (Wildman–Crippen MR) is 102 cm³/mol. The molecule has 0 spiro atoms. The number of hydrogen-bond donors (Lipinski definition) is 0. The number of ether oxygens (including phenoxy) is 3. The van der Waals surface area contributed by atoms with Crippen molar-refractivity contribution in [3.63, 3.8) is 0 Å². The Kier molecular flexibility index (Phi) is 3.27. The highest BCUT2D eigenvalue weighted by molar-refractivity contribution is 5.83. The molecular formula is C24H28O5. The summed E-state index contributed by atoms with van der Waals surface area (Å²) in [6.45, 7) is 4.59. The lowest BCUT2D eigenvalue weighted by atomic mass is 9.81. The second-order valence-corrected chi connectivity index (χ2v) is 10.3. The van der Waals surface area contributed by atoms with E-state index in [1.165, 1.54) is 11.1 Å². The van der Waals surface area contributed by atoms with Gasteiger partial charge in [0, 0.05) is 12.2 Å². The van der Waals surface area contributed by atoms with Gasteiger partial charge in [-0.25, -0.2) is 9.59 Å². The second kappa shape index (κ2) is 5.54. The van der Waals surface area contributed by atoms with E-state index in [1.54, 1.807) is 0 Å². The van der Waals surface area contributed by atoms with Crippen molar-refractivity contribution in [2.45, 2.75) is 38.9 Å². The lowest BCUT2D eigenvalue weighted by Gasteiger charge is -2.25. The molecule has 2 unspecified atom stereocenters. The van der Waals surface area contributed by atoms with Crippen LogP contribution in [-0.4, -0.2) is 37.4 Å². The molecule has 0 aromatic rings. The van der Waals surface area contributed by atoms with Crippen molar-refractivity contribution < 1.29 is 23.8 Å². The van der Waals surface area contributed by atoms with E-state index in [-0.39, 0.29) is 11.9 Å². The van der Waals surface area contributed by atoms with Crippen LogP contribution in [0.3, 0.4) is 0 Å². The zero-order chi connectivity index (χ0) is 19.6. The third-order valence-corrected chi connectivity index (χ3v) is 9.72. The number of rotatable bonds is 4. The lowest BCUT2D eigenvalue weighted by molar-refractivity contribution is -0.138. The molecule has 0 bridgehead atoms. The van der Waals surface area contributed by atoms with E-state index >= 15 is 0 Å². The largest absolute Gasteiger partial charge is 0.463 e. The first kappa shape index (κ1) is 17.1. The Balaban J connectivity index is 1.30. The molecule has 7 fully saturated rings. The summed E-state index contributed by atoms with van der Waals surface area (Å²) < 4.78 is 16.7. The smallest absolute Gasteiger partial charge is 0.330 e. The standard InChI is InChI=1S/C24H28O5/c1-3-27-13(25)7-9-5-11-12-6-10(8-14(26)28-4-2)16-18(12)19-17(11)15(9)21-20(19)22(16)24-23(21)29-24/h7-8,11-12,15-24H,3-6H2,1-2H3/b9-7+,10-8+/t11-,12+,15-,16-,17+,18-,19?,20?,21+,22+,23+,24-/m1/s1. The Morgan fingerprint density at radius 2 is 1.24 bits per heavy atom. The van der Waals surface area contributed by atoms with Crippen LogP contribution in [0.1, 0.15) is 26.7 Å². The van der Waals surface area contributed by atoms with Gasteiger partial charge >= 0.3 is 11.9 Å². The van der Waals surface area contributed by atoms with Crippen molar-refractivity contribution in [1.29, 1.82) is 0 Å². The normalized spacial score (nSPS) is 56.2. The van der Waals surface area contributed by atoms with Crippen molar-refractivity contribution in [3.05, 3.63) is 23.3 Å². The Bertz CT molecular complexity index is 804. The molecule has 5 heteroatoms. The second-order valence-electron chi connectivity index (χ2n) is 10.3. The van der Waals surface area contributed by atoms with Gasteiger partial charge in [0.1, 0.15) is 0 Å². The minimum Gasteiger partial charge on any atom is -0.463 e. The predicted octanol–water partition coefficient (Wildman–Crippen LogP) is 2.76.